The molecule has 0 aliphatic heterocycles. The number of nitrogens with zero attached hydrogens (tertiary/aromatic N) is 3. The second kappa shape index (κ2) is 5.96. The number of rotatable bonds is 4. The van der Waals surface area contributed by atoms with Gasteiger partial charge in [0.25, 0.3) is 0 Å². The molecule has 0 atom stereocenters. The van der Waals surface area contributed by atoms with Crippen LogP contribution >= 0.6 is 11.3 Å². The number of aryl methyl sites for hydroxylation is 4. The van der Waals surface area contributed by atoms with E-state index >= 15 is 0 Å². The van der Waals surface area contributed by atoms with E-state index in [-0.39, 0.29) is 0 Å². The van der Waals surface area contributed by atoms with Crippen LogP contribution in [0.15, 0.2) is 29.6 Å². The fraction of sp³-hybridized carbons (Fsp3) is 0.250. The summed E-state index contributed by atoms with van der Waals surface area (Å²) in [4.78, 5) is 4.44. The minimum atomic E-state index is -0.588. The molecule has 0 unspecified atom stereocenters. The maximum Gasteiger partial charge on any atom is 0.135 e. The van der Waals surface area contributed by atoms with Crippen molar-refractivity contribution in [3.8, 4) is 11.3 Å². The van der Waals surface area contributed by atoms with E-state index in [0.29, 0.717) is 11.3 Å². The van der Waals surface area contributed by atoms with E-state index in [4.69, 9.17) is 0 Å². The van der Waals surface area contributed by atoms with Gasteiger partial charge in [-0.2, -0.15) is 5.10 Å². The zero-order valence-corrected chi connectivity index (χ0v) is 13.1. The van der Waals surface area contributed by atoms with Gasteiger partial charge in [0.1, 0.15) is 11.6 Å². The van der Waals surface area contributed by atoms with Gasteiger partial charge >= 0.3 is 0 Å². The van der Waals surface area contributed by atoms with Gasteiger partial charge in [-0.05, 0) is 32.0 Å². The molecule has 6 heteroatoms. The third-order valence-corrected chi connectivity index (χ3v) is 4.31. The van der Waals surface area contributed by atoms with Gasteiger partial charge in [0.15, 0.2) is 0 Å². The van der Waals surface area contributed by atoms with Crippen molar-refractivity contribution in [3.63, 3.8) is 0 Å². The average Bonchev–Trinajstić information content (AvgIpc) is 3.03. The lowest BCUT2D eigenvalue weighted by molar-refractivity contribution is 0.585. The molecule has 0 saturated heterocycles. The van der Waals surface area contributed by atoms with Crippen molar-refractivity contribution in [2.45, 2.75) is 26.8 Å². The molecule has 0 aliphatic carbocycles. The lowest BCUT2D eigenvalue weighted by Crippen LogP contribution is -2.05. The maximum absolute atomic E-state index is 13.8. The molecular weight excluding hydrogens is 304 g/mol. The van der Waals surface area contributed by atoms with E-state index in [1.165, 1.54) is 23.5 Å². The average molecular weight is 319 g/mol. The van der Waals surface area contributed by atoms with Gasteiger partial charge in [-0.1, -0.05) is 0 Å². The van der Waals surface area contributed by atoms with E-state index < -0.39 is 11.6 Å². The quantitative estimate of drug-likeness (QED) is 0.723. The summed E-state index contributed by atoms with van der Waals surface area (Å²) in [5.41, 5.74) is 2.98. The first-order valence-corrected chi connectivity index (χ1v) is 7.82. The summed E-state index contributed by atoms with van der Waals surface area (Å²) in [6.45, 7) is 4.71. The molecule has 0 aliphatic rings. The topological polar surface area (TPSA) is 30.7 Å². The smallest absolute Gasteiger partial charge is 0.135 e. The molecule has 0 saturated carbocycles. The molecule has 2 heterocycles. The maximum atomic E-state index is 13.8. The Hall–Kier alpha value is -2.08. The molecule has 0 N–H and O–H groups in total. The van der Waals surface area contributed by atoms with E-state index in [1.807, 2.05) is 24.6 Å². The molecule has 1 aromatic carbocycles. The van der Waals surface area contributed by atoms with Crippen molar-refractivity contribution in [2.75, 3.05) is 0 Å². The number of thiazole rings is 1. The Bertz CT molecular complexity index is 808. The Morgan fingerprint density at radius 1 is 1.18 bits per heavy atom. The van der Waals surface area contributed by atoms with Crippen LogP contribution in [0.2, 0.25) is 0 Å². The Balaban J connectivity index is 1.75. The van der Waals surface area contributed by atoms with Crippen molar-refractivity contribution in [2.24, 2.45) is 0 Å². The molecule has 0 bridgehead atoms. The molecule has 2 aromatic heterocycles. The third kappa shape index (κ3) is 3.06. The van der Waals surface area contributed by atoms with Crippen LogP contribution in [-0.4, -0.2) is 14.8 Å². The van der Waals surface area contributed by atoms with Crippen LogP contribution in [-0.2, 0) is 13.0 Å². The first kappa shape index (κ1) is 14.8. The monoisotopic (exact) mass is 319 g/mol. The van der Waals surface area contributed by atoms with Gasteiger partial charge in [0.05, 0.1) is 16.4 Å². The second-order valence-electron chi connectivity index (χ2n) is 5.15. The lowest BCUT2D eigenvalue weighted by Gasteiger charge is -2.02. The first-order valence-electron chi connectivity index (χ1n) is 6.94. The van der Waals surface area contributed by atoms with Gasteiger partial charge in [0, 0.05) is 35.7 Å². The van der Waals surface area contributed by atoms with E-state index in [1.54, 1.807) is 5.38 Å². The van der Waals surface area contributed by atoms with Gasteiger partial charge in [-0.15, -0.1) is 11.3 Å². The van der Waals surface area contributed by atoms with E-state index in [0.717, 1.165) is 35.4 Å². The van der Waals surface area contributed by atoms with Gasteiger partial charge < -0.3 is 0 Å². The summed E-state index contributed by atoms with van der Waals surface area (Å²) in [6, 6.07) is 5.57. The van der Waals surface area contributed by atoms with Gasteiger partial charge in [-0.25, -0.2) is 13.8 Å². The number of halogens is 2. The third-order valence-electron chi connectivity index (χ3n) is 3.40. The highest BCUT2D eigenvalue weighted by Crippen LogP contribution is 2.25. The van der Waals surface area contributed by atoms with Crippen molar-refractivity contribution >= 4 is 11.3 Å². The first-order chi connectivity index (χ1) is 10.5. The molecule has 22 heavy (non-hydrogen) atoms. The minimum absolute atomic E-state index is 0.329. The Labute approximate surface area is 131 Å². The van der Waals surface area contributed by atoms with Crippen LogP contribution in [0, 0.1) is 25.5 Å². The fourth-order valence-electron chi connectivity index (χ4n) is 2.35. The Morgan fingerprint density at radius 3 is 2.68 bits per heavy atom. The highest BCUT2D eigenvalue weighted by molar-refractivity contribution is 7.09. The molecule has 3 rings (SSSR count). The fourth-order valence-corrected chi connectivity index (χ4v) is 3.14. The van der Waals surface area contributed by atoms with Crippen molar-refractivity contribution in [1.82, 2.24) is 14.8 Å². The molecule has 3 nitrogen and oxygen atoms in total. The molecule has 114 valence electrons. The molecule has 0 amide bonds. The van der Waals surface area contributed by atoms with Crippen molar-refractivity contribution < 1.29 is 8.78 Å². The van der Waals surface area contributed by atoms with Gasteiger partial charge in [-0.3, -0.25) is 4.68 Å². The predicted molar refractivity (Wildman–Crippen MR) is 82.9 cm³/mol. The molecular formula is C16H15F2N3S. The van der Waals surface area contributed by atoms with E-state index in [9.17, 15) is 8.78 Å². The second-order valence-corrected chi connectivity index (χ2v) is 6.09. The normalized spacial score (nSPS) is 11.1. The van der Waals surface area contributed by atoms with Crippen LogP contribution in [0.25, 0.3) is 11.3 Å². The van der Waals surface area contributed by atoms with Crippen molar-refractivity contribution in [3.05, 3.63) is 57.7 Å². The number of aromatic nitrogens is 3. The van der Waals surface area contributed by atoms with Gasteiger partial charge in [0.2, 0.25) is 0 Å². The highest BCUT2D eigenvalue weighted by Gasteiger charge is 2.11. The summed E-state index contributed by atoms with van der Waals surface area (Å²) in [5, 5.41) is 7.11. The summed E-state index contributed by atoms with van der Waals surface area (Å²) in [7, 11) is 0. The van der Waals surface area contributed by atoms with Crippen LogP contribution in [0.1, 0.15) is 16.4 Å². The molecule has 0 spiro atoms. The predicted octanol–water partition coefficient (Wildman–Crippen LogP) is 4.14. The van der Waals surface area contributed by atoms with Crippen molar-refractivity contribution in [1.29, 1.82) is 0 Å². The lowest BCUT2D eigenvalue weighted by atomic mass is 10.1. The van der Waals surface area contributed by atoms with E-state index in [2.05, 4.69) is 10.1 Å². The van der Waals surface area contributed by atoms with Crippen LogP contribution in [0.4, 0.5) is 8.78 Å². The number of hydrogen-bond acceptors (Lipinski definition) is 3. The molecule has 3 aromatic rings. The number of benzene rings is 1. The summed E-state index contributed by atoms with van der Waals surface area (Å²) < 4.78 is 28.7. The van der Waals surface area contributed by atoms with Crippen LogP contribution in [0.3, 0.4) is 0 Å². The summed E-state index contributed by atoms with van der Waals surface area (Å²) in [6.07, 6.45) is 0.732. The number of hydrogen-bond donors (Lipinski definition) is 0. The zero-order chi connectivity index (χ0) is 15.7. The Kier molecular flexibility index (Phi) is 4.02. The zero-order valence-electron chi connectivity index (χ0n) is 12.3. The summed E-state index contributed by atoms with van der Waals surface area (Å²) in [5.74, 6) is -1.17. The standard InChI is InChI=1S/C16H15F2N3S/c1-10-7-11(2)21(20-10)6-5-16-19-15(9-22-16)13-4-3-12(17)8-14(13)18/h3-4,7-9H,5-6H2,1-2H3. The highest BCUT2D eigenvalue weighted by atomic mass is 32.1. The Morgan fingerprint density at radius 2 is 2.00 bits per heavy atom. The largest absolute Gasteiger partial charge is 0.269 e. The van der Waals surface area contributed by atoms with Crippen LogP contribution in [0.5, 0.6) is 0 Å². The van der Waals surface area contributed by atoms with Crippen LogP contribution < -0.4 is 0 Å². The summed E-state index contributed by atoms with van der Waals surface area (Å²) >= 11 is 1.48. The minimum Gasteiger partial charge on any atom is -0.269 e. The SMILES string of the molecule is Cc1cc(C)n(CCc2nc(-c3ccc(F)cc3F)cs2)n1. The molecule has 0 fully saturated rings. The molecule has 0 radical (unpaired) electrons.